The molecule has 0 aliphatic carbocycles. The third kappa shape index (κ3) is 2.26. The van der Waals surface area contributed by atoms with Gasteiger partial charge in [-0.25, -0.2) is 13.3 Å². The van der Waals surface area contributed by atoms with E-state index in [9.17, 15) is 4.21 Å². The van der Waals surface area contributed by atoms with Crippen LogP contribution >= 0.6 is 0 Å². The van der Waals surface area contributed by atoms with Crippen LogP contribution in [0.4, 0.5) is 0 Å². The van der Waals surface area contributed by atoms with E-state index < -0.39 is 9.92 Å². The third-order valence-corrected chi connectivity index (χ3v) is 4.68. The van der Waals surface area contributed by atoms with Gasteiger partial charge in [-0.2, -0.15) is 0 Å². The third-order valence-electron chi connectivity index (χ3n) is 2.67. The van der Waals surface area contributed by atoms with Crippen molar-refractivity contribution in [2.75, 3.05) is 26.3 Å². The summed E-state index contributed by atoms with van der Waals surface area (Å²) in [6.07, 6.45) is 0. The maximum atomic E-state index is 12.4. The lowest BCUT2D eigenvalue weighted by atomic mass is 10.2. The van der Waals surface area contributed by atoms with Crippen molar-refractivity contribution in [3.05, 3.63) is 29.8 Å². The second-order valence-electron chi connectivity index (χ2n) is 3.88. The highest BCUT2D eigenvalue weighted by atomic mass is 32.2. The zero-order valence-corrected chi connectivity index (χ0v) is 10.1. The van der Waals surface area contributed by atoms with Crippen molar-refractivity contribution in [1.82, 2.24) is 4.31 Å². The Morgan fingerprint density at radius 3 is 2.38 bits per heavy atom. The van der Waals surface area contributed by atoms with Crippen molar-refractivity contribution in [2.45, 2.75) is 11.8 Å². The normalized spacial score (nSPS) is 21.6. The number of aryl methyl sites for hydroxylation is 1. The van der Waals surface area contributed by atoms with Gasteiger partial charge in [0.25, 0.3) is 0 Å². The van der Waals surface area contributed by atoms with E-state index in [1.54, 1.807) is 16.4 Å². The van der Waals surface area contributed by atoms with Gasteiger partial charge in [-0.3, -0.25) is 0 Å². The molecule has 16 heavy (non-hydrogen) atoms. The summed E-state index contributed by atoms with van der Waals surface area (Å²) in [5.41, 5.74) is 1.11. The number of rotatable bonds is 2. The molecule has 1 saturated heterocycles. The SMILES string of the molecule is Cc1ccc(S(=N)(=O)N2CCOCC2)cc1. The van der Waals surface area contributed by atoms with Gasteiger partial charge in [-0.15, -0.1) is 0 Å². The summed E-state index contributed by atoms with van der Waals surface area (Å²) in [6, 6.07) is 7.34. The van der Waals surface area contributed by atoms with Crippen molar-refractivity contribution >= 4 is 9.92 Å². The van der Waals surface area contributed by atoms with Crippen LogP contribution in [0.5, 0.6) is 0 Å². The minimum Gasteiger partial charge on any atom is -0.379 e. The lowest BCUT2D eigenvalue weighted by Crippen LogP contribution is -2.40. The maximum absolute atomic E-state index is 12.4. The lowest BCUT2D eigenvalue weighted by Gasteiger charge is -2.28. The highest BCUT2D eigenvalue weighted by Crippen LogP contribution is 2.18. The van der Waals surface area contributed by atoms with E-state index in [4.69, 9.17) is 9.52 Å². The first-order valence-corrected chi connectivity index (χ1v) is 6.80. The molecule has 1 heterocycles. The molecule has 1 unspecified atom stereocenters. The summed E-state index contributed by atoms with van der Waals surface area (Å²) < 4.78 is 27.3. The Morgan fingerprint density at radius 1 is 1.25 bits per heavy atom. The van der Waals surface area contributed by atoms with Crippen LogP contribution in [0, 0.1) is 11.7 Å². The van der Waals surface area contributed by atoms with Crippen LogP contribution in [0.3, 0.4) is 0 Å². The van der Waals surface area contributed by atoms with E-state index in [1.165, 1.54) is 0 Å². The second-order valence-corrected chi connectivity index (χ2v) is 5.92. The monoisotopic (exact) mass is 240 g/mol. The fraction of sp³-hybridized carbons (Fsp3) is 0.455. The molecule has 0 aromatic heterocycles. The number of ether oxygens (including phenoxy) is 1. The molecule has 1 aromatic carbocycles. The number of nitrogens with zero attached hydrogens (tertiary/aromatic N) is 1. The van der Waals surface area contributed by atoms with Crippen LogP contribution in [0.1, 0.15) is 5.56 Å². The zero-order valence-electron chi connectivity index (χ0n) is 9.31. The molecule has 5 heteroatoms. The fourth-order valence-corrected chi connectivity index (χ4v) is 3.14. The number of nitrogens with one attached hydrogen (secondary N) is 1. The number of morpholine rings is 1. The highest BCUT2D eigenvalue weighted by molar-refractivity contribution is 7.90. The van der Waals surface area contributed by atoms with Crippen LogP contribution in [-0.4, -0.2) is 34.8 Å². The summed E-state index contributed by atoms with van der Waals surface area (Å²) in [4.78, 5) is 0.583. The minimum absolute atomic E-state index is 0.557. The maximum Gasteiger partial charge on any atom is 0.137 e. The molecule has 1 aromatic rings. The Bertz CT molecular complexity index is 447. The van der Waals surface area contributed by atoms with Gasteiger partial charge in [0.05, 0.1) is 18.1 Å². The predicted molar refractivity (Wildman–Crippen MR) is 62.7 cm³/mol. The van der Waals surface area contributed by atoms with E-state index in [2.05, 4.69) is 0 Å². The van der Waals surface area contributed by atoms with Gasteiger partial charge in [-0.05, 0) is 19.1 Å². The van der Waals surface area contributed by atoms with Crippen molar-refractivity contribution in [1.29, 1.82) is 4.78 Å². The van der Waals surface area contributed by atoms with Crippen LogP contribution in [-0.2, 0) is 14.7 Å². The smallest absolute Gasteiger partial charge is 0.137 e. The molecule has 4 nitrogen and oxygen atoms in total. The Kier molecular flexibility index (Phi) is 3.28. The lowest BCUT2D eigenvalue weighted by molar-refractivity contribution is 0.0743. The summed E-state index contributed by atoms with van der Waals surface area (Å²) in [5, 5.41) is 0. The van der Waals surface area contributed by atoms with Crippen molar-refractivity contribution in [2.24, 2.45) is 0 Å². The molecule has 1 aliphatic heterocycles. The summed E-state index contributed by atoms with van der Waals surface area (Å²) in [5.74, 6) is 0. The largest absolute Gasteiger partial charge is 0.379 e. The molecule has 1 atom stereocenters. The first-order chi connectivity index (χ1) is 7.60. The van der Waals surface area contributed by atoms with Gasteiger partial charge in [-0.1, -0.05) is 17.7 Å². The minimum atomic E-state index is -2.83. The van der Waals surface area contributed by atoms with E-state index in [1.807, 2.05) is 19.1 Å². The second kappa shape index (κ2) is 4.53. The summed E-state index contributed by atoms with van der Waals surface area (Å²) in [7, 11) is -2.83. The molecule has 0 amide bonds. The van der Waals surface area contributed by atoms with Crippen LogP contribution in [0.15, 0.2) is 29.2 Å². The molecule has 2 rings (SSSR count). The van der Waals surface area contributed by atoms with Gasteiger partial charge < -0.3 is 4.74 Å². The van der Waals surface area contributed by atoms with E-state index >= 15 is 0 Å². The van der Waals surface area contributed by atoms with Gasteiger partial charge in [0.1, 0.15) is 9.92 Å². The van der Waals surface area contributed by atoms with Gasteiger partial charge in [0, 0.05) is 13.1 Å². The van der Waals surface area contributed by atoms with Crippen LogP contribution < -0.4 is 0 Å². The number of benzene rings is 1. The van der Waals surface area contributed by atoms with Crippen LogP contribution in [0.25, 0.3) is 0 Å². The Balaban J connectivity index is 2.27. The molecule has 0 saturated carbocycles. The number of hydrogen-bond donors (Lipinski definition) is 1. The Labute approximate surface area is 96.3 Å². The molecule has 1 aliphatic rings. The van der Waals surface area contributed by atoms with E-state index in [0.717, 1.165) is 5.56 Å². The molecular formula is C11H16N2O2S. The van der Waals surface area contributed by atoms with E-state index in [-0.39, 0.29) is 0 Å². The molecule has 1 N–H and O–H groups in total. The number of hydrogen-bond acceptors (Lipinski definition) is 3. The molecule has 88 valence electrons. The average molecular weight is 240 g/mol. The molecule has 0 bridgehead atoms. The van der Waals surface area contributed by atoms with Crippen molar-refractivity contribution in [3.63, 3.8) is 0 Å². The molecule has 1 fully saturated rings. The first kappa shape index (κ1) is 11.6. The first-order valence-electron chi connectivity index (χ1n) is 5.29. The van der Waals surface area contributed by atoms with Crippen molar-refractivity contribution in [3.8, 4) is 0 Å². The molecular weight excluding hydrogens is 224 g/mol. The average Bonchev–Trinajstić information content (AvgIpc) is 2.31. The van der Waals surface area contributed by atoms with Gasteiger partial charge >= 0.3 is 0 Å². The van der Waals surface area contributed by atoms with Gasteiger partial charge in [0.15, 0.2) is 0 Å². The standard InChI is InChI=1S/C11H16N2O2S/c1-10-2-4-11(5-3-10)16(12,14)13-6-8-15-9-7-13/h2-5,12H,6-9H2,1H3. The predicted octanol–water partition coefficient (Wildman–Crippen LogP) is 1.65. The summed E-state index contributed by atoms with van der Waals surface area (Å²) >= 11 is 0. The molecule has 0 radical (unpaired) electrons. The topological polar surface area (TPSA) is 53.4 Å². The summed E-state index contributed by atoms with van der Waals surface area (Å²) in [6.45, 7) is 4.22. The van der Waals surface area contributed by atoms with Crippen molar-refractivity contribution < 1.29 is 8.95 Å². The Hall–Kier alpha value is -0.910. The van der Waals surface area contributed by atoms with Gasteiger partial charge in [0.2, 0.25) is 0 Å². The van der Waals surface area contributed by atoms with E-state index in [0.29, 0.717) is 31.2 Å². The quantitative estimate of drug-likeness (QED) is 0.854. The fourth-order valence-electron chi connectivity index (χ4n) is 1.68. The molecule has 0 spiro atoms. The highest BCUT2D eigenvalue weighted by Gasteiger charge is 2.22. The van der Waals surface area contributed by atoms with Crippen LogP contribution in [0.2, 0.25) is 0 Å². The zero-order chi connectivity index (χ0) is 11.6. The Morgan fingerprint density at radius 2 is 1.81 bits per heavy atom.